The summed E-state index contributed by atoms with van der Waals surface area (Å²) < 4.78 is 47.3. The fourth-order valence-corrected chi connectivity index (χ4v) is 2.63. The first-order valence-electron chi connectivity index (χ1n) is 4.27. The molecule has 1 fully saturated rings. The second-order valence-corrected chi connectivity index (χ2v) is 5.91. The fraction of sp³-hybridized carbons (Fsp3) is 1.00. The molecule has 1 saturated heterocycles. The Morgan fingerprint density at radius 2 is 2.07 bits per heavy atom. The Morgan fingerprint density at radius 1 is 1.50 bits per heavy atom. The number of sulfonamides is 1. The Labute approximate surface area is 87.1 Å². The van der Waals surface area contributed by atoms with Crippen molar-refractivity contribution in [2.24, 2.45) is 5.92 Å². The van der Waals surface area contributed by atoms with Crippen LogP contribution in [0.3, 0.4) is 0 Å². The van der Waals surface area contributed by atoms with E-state index >= 15 is 0 Å². The van der Waals surface area contributed by atoms with Crippen molar-refractivity contribution in [1.29, 1.82) is 0 Å². The third kappa shape index (κ3) is 2.35. The SMILES string of the molecule is CC1CN(S(=O)(=O)C(F)F)CCC1Cl. The zero-order chi connectivity index (χ0) is 10.9. The normalized spacial score (nSPS) is 30.9. The largest absolute Gasteiger partial charge is 0.350 e. The summed E-state index contributed by atoms with van der Waals surface area (Å²) in [5.74, 6) is -3.42. The second kappa shape index (κ2) is 4.28. The van der Waals surface area contributed by atoms with E-state index in [4.69, 9.17) is 11.6 Å². The molecule has 14 heavy (non-hydrogen) atoms. The number of halogens is 3. The summed E-state index contributed by atoms with van der Waals surface area (Å²) in [6.45, 7) is 1.93. The van der Waals surface area contributed by atoms with E-state index in [0.717, 1.165) is 4.31 Å². The lowest BCUT2D eigenvalue weighted by atomic mass is 10.0. The monoisotopic (exact) mass is 247 g/mol. The molecule has 0 aliphatic carbocycles. The molecule has 0 spiro atoms. The highest BCUT2D eigenvalue weighted by molar-refractivity contribution is 7.89. The van der Waals surface area contributed by atoms with Gasteiger partial charge < -0.3 is 0 Å². The number of rotatable bonds is 2. The molecular weight excluding hydrogens is 236 g/mol. The van der Waals surface area contributed by atoms with Crippen molar-refractivity contribution >= 4 is 21.6 Å². The van der Waals surface area contributed by atoms with Crippen molar-refractivity contribution in [1.82, 2.24) is 4.31 Å². The van der Waals surface area contributed by atoms with Crippen molar-refractivity contribution in [3.05, 3.63) is 0 Å². The Bertz CT molecular complexity index is 296. The molecule has 3 nitrogen and oxygen atoms in total. The molecule has 0 aromatic rings. The molecule has 2 atom stereocenters. The quantitative estimate of drug-likeness (QED) is 0.694. The first kappa shape index (κ1) is 12.1. The summed E-state index contributed by atoms with van der Waals surface area (Å²) in [7, 11) is -4.41. The lowest BCUT2D eigenvalue weighted by Gasteiger charge is -2.32. The number of nitrogens with zero attached hydrogens (tertiary/aromatic N) is 1. The lowest BCUT2D eigenvalue weighted by molar-refractivity contribution is 0.205. The average molecular weight is 248 g/mol. The maximum absolute atomic E-state index is 12.2. The maximum Gasteiger partial charge on any atom is 0.350 e. The Balaban J connectivity index is 2.73. The predicted molar refractivity (Wildman–Crippen MR) is 49.9 cm³/mol. The molecule has 1 heterocycles. The highest BCUT2D eigenvalue weighted by Crippen LogP contribution is 2.25. The predicted octanol–water partition coefficient (Wildman–Crippen LogP) is 1.49. The van der Waals surface area contributed by atoms with E-state index in [1.807, 2.05) is 0 Å². The van der Waals surface area contributed by atoms with Crippen molar-refractivity contribution in [3.63, 3.8) is 0 Å². The molecule has 0 amide bonds. The third-order valence-electron chi connectivity index (χ3n) is 2.35. The van der Waals surface area contributed by atoms with E-state index in [0.29, 0.717) is 6.42 Å². The van der Waals surface area contributed by atoms with Crippen molar-refractivity contribution in [2.45, 2.75) is 24.5 Å². The number of hydrogen-bond acceptors (Lipinski definition) is 2. The van der Waals surface area contributed by atoms with Gasteiger partial charge in [-0.3, -0.25) is 0 Å². The van der Waals surface area contributed by atoms with Crippen LogP contribution in [0.5, 0.6) is 0 Å². The van der Waals surface area contributed by atoms with Crippen LogP contribution in [-0.2, 0) is 10.0 Å². The van der Waals surface area contributed by atoms with Crippen LogP contribution in [0.15, 0.2) is 0 Å². The Kier molecular flexibility index (Phi) is 3.71. The van der Waals surface area contributed by atoms with Crippen molar-refractivity contribution in [3.8, 4) is 0 Å². The van der Waals surface area contributed by atoms with Gasteiger partial charge in [0.1, 0.15) is 0 Å². The highest BCUT2D eigenvalue weighted by Gasteiger charge is 2.36. The van der Waals surface area contributed by atoms with Gasteiger partial charge in [0, 0.05) is 18.5 Å². The molecule has 0 aromatic carbocycles. The van der Waals surface area contributed by atoms with Crippen LogP contribution in [-0.4, -0.2) is 36.9 Å². The van der Waals surface area contributed by atoms with E-state index in [1.54, 1.807) is 6.92 Å². The van der Waals surface area contributed by atoms with Gasteiger partial charge in [-0.05, 0) is 12.3 Å². The molecule has 7 heteroatoms. The van der Waals surface area contributed by atoms with Crippen LogP contribution in [0.4, 0.5) is 8.78 Å². The number of alkyl halides is 3. The van der Waals surface area contributed by atoms with E-state index in [1.165, 1.54) is 0 Å². The fourth-order valence-electron chi connectivity index (χ4n) is 1.42. The second-order valence-electron chi connectivity index (χ2n) is 3.45. The van der Waals surface area contributed by atoms with E-state index < -0.39 is 15.8 Å². The molecule has 1 aliphatic heterocycles. The molecule has 2 unspecified atom stereocenters. The molecule has 0 bridgehead atoms. The summed E-state index contributed by atoms with van der Waals surface area (Å²) >= 11 is 5.85. The Hall–Kier alpha value is 0.0600. The molecule has 0 saturated carbocycles. The van der Waals surface area contributed by atoms with E-state index in [9.17, 15) is 17.2 Å². The minimum absolute atomic E-state index is 0.0842. The average Bonchev–Trinajstić information content (AvgIpc) is 2.09. The topological polar surface area (TPSA) is 37.4 Å². The van der Waals surface area contributed by atoms with Crippen LogP contribution in [0.25, 0.3) is 0 Å². The molecule has 0 radical (unpaired) electrons. The molecule has 0 N–H and O–H groups in total. The molecule has 84 valence electrons. The van der Waals surface area contributed by atoms with Crippen LogP contribution >= 0.6 is 11.6 Å². The van der Waals surface area contributed by atoms with Crippen LogP contribution in [0, 0.1) is 5.92 Å². The van der Waals surface area contributed by atoms with Crippen LogP contribution in [0.1, 0.15) is 13.3 Å². The zero-order valence-electron chi connectivity index (χ0n) is 7.66. The minimum atomic E-state index is -4.41. The third-order valence-corrected chi connectivity index (χ3v) is 4.50. The van der Waals surface area contributed by atoms with Gasteiger partial charge in [-0.15, -0.1) is 11.6 Å². The molecular formula is C7H12ClF2NO2S. The summed E-state index contributed by atoms with van der Waals surface area (Å²) in [5.41, 5.74) is 0. The van der Waals surface area contributed by atoms with Crippen molar-refractivity contribution < 1.29 is 17.2 Å². The van der Waals surface area contributed by atoms with Gasteiger partial charge in [-0.1, -0.05) is 6.92 Å². The summed E-state index contributed by atoms with van der Waals surface area (Å²) in [4.78, 5) is 0. The van der Waals surface area contributed by atoms with Gasteiger partial charge in [-0.25, -0.2) is 8.42 Å². The number of hydrogen-bond donors (Lipinski definition) is 0. The summed E-state index contributed by atoms with van der Waals surface area (Å²) in [6.07, 6.45) is 0.425. The summed E-state index contributed by atoms with van der Waals surface area (Å²) in [6, 6.07) is 0. The minimum Gasteiger partial charge on any atom is -0.206 e. The molecule has 0 aromatic heterocycles. The first-order valence-corrected chi connectivity index (χ1v) is 6.21. The van der Waals surface area contributed by atoms with Gasteiger partial charge in [0.25, 0.3) is 10.0 Å². The van der Waals surface area contributed by atoms with Gasteiger partial charge in [0.15, 0.2) is 0 Å². The van der Waals surface area contributed by atoms with Gasteiger partial charge in [-0.2, -0.15) is 13.1 Å². The zero-order valence-corrected chi connectivity index (χ0v) is 9.23. The van der Waals surface area contributed by atoms with Gasteiger partial charge in [0.2, 0.25) is 0 Å². The number of piperidine rings is 1. The van der Waals surface area contributed by atoms with Gasteiger partial charge >= 0.3 is 5.76 Å². The Morgan fingerprint density at radius 3 is 2.50 bits per heavy atom. The standard InChI is InChI=1S/C7H12ClF2NO2S/c1-5-4-11(3-2-6(5)8)14(12,13)7(9)10/h5-7H,2-4H2,1H3. The van der Waals surface area contributed by atoms with Crippen molar-refractivity contribution in [2.75, 3.05) is 13.1 Å². The maximum atomic E-state index is 12.2. The van der Waals surface area contributed by atoms with Crippen LogP contribution in [0.2, 0.25) is 0 Å². The molecule has 1 aliphatic rings. The van der Waals surface area contributed by atoms with Crippen LogP contribution < -0.4 is 0 Å². The van der Waals surface area contributed by atoms with Gasteiger partial charge in [0.05, 0.1) is 0 Å². The molecule has 1 rings (SSSR count). The highest BCUT2D eigenvalue weighted by atomic mass is 35.5. The first-order chi connectivity index (χ1) is 6.35. The smallest absolute Gasteiger partial charge is 0.206 e. The van der Waals surface area contributed by atoms with E-state index in [2.05, 4.69) is 0 Å². The van der Waals surface area contributed by atoms with E-state index in [-0.39, 0.29) is 24.4 Å². The lowest BCUT2D eigenvalue weighted by Crippen LogP contribution is -2.45. The summed E-state index contributed by atoms with van der Waals surface area (Å²) in [5, 5.41) is -0.126.